The Labute approximate surface area is 103 Å². The molecule has 0 unspecified atom stereocenters. The second kappa shape index (κ2) is 4.77. The van der Waals surface area contributed by atoms with E-state index in [2.05, 4.69) is 4.72 Å². The first-order valence-electron chi connectivity index (χ1n) is 5.06. The van der Waals surface area contributed by atoms with Crippen molar-refractivity contribution < 1.29 is 21.6 Å². The van der Waals surface area contributed by atoms with Crippen molar-refractivity contribution in [1.82, 2.24) is 4.72 Å². The first-order valence-corrected chi connectivity index (χ1v) is 6.55. The summed E-state index contributed by atoms with van der Waals surface area (Å²) in [4.78, 5) is -0.448. The summed E-state index contributed by atoms with van der Waals surface area (Å²) in [6, 6.07) is 1.31. The molecule has 0 spiro atoms. The van der Waals surface area contributed by atoms with Crippen molar-refractivity contribution in [2.24, 2.45) is 0 Å². The molecule has 0 aliphatic rings. The maximum absolute atomic E-state index is 12.6. The van der Waals surface area contributed by atoms with Gasteiger partial charge in [0.05, 0.1) is 10.5 Å². The first-order chi connectivity index (χ1) is 8.09. The van der Waals surface area contributed by atoms with Crippen LogP contribution in [-0.2, 0) is 16.2 Å². The van der Waals surface area contributed by atoms with Crippen LogP contribution in [0.2, 0.25) is 0 Å². The zero-order chi connectivity index (χ0) is 14.1. The van der Waals surface area contributed by atoms with Crippen molar-refractivity contribution in [2.45, 2.75) is 24.9 Å². The third-order valence-electron chi connectivity index (χ3n) is 2.35. The van der Waals surface area contributed by atoms with Crippen LogP contribution < -0.4 is 10.5 Å². The lowest BCUT2D eigenvalue weighted by Crippen LogP contribution is -2.25. The van der Waals surface area contributed by atoms with Crippen LogP contribution in [0.15, 0.2) is 17.0 Å². The summed E-state index contributed by atoms with van der Waals surface area (Å²) >= 11 is 0. The van der Waals surface area contributed by atoms with E-state index in [-0.39, 0.29) is 17.8 Å². The average Bonchev–Trinajstić information content (AvgIpc) is 2.19. The molecule has 102 valence electrons. The molecule has 0 fully saturated rings. The lowest BCUT2D eigenvalue weighted by atomic mass is 10.1. The van der Waals surface area contributed by atoms with Gasteiger partial charge in [-0.25, -0.2) is 13.1 Å². The Balaban J connectivity index is 3.50. The maximum atomic E-state index is 12.6. The van der Waals surface area contributed by atoms with Crippen LogP contribution in [-0.4, -0.2) is 15.0 Å². The normalized spacial score (nSPS) is 12.7. The number of hydrogen-bond donors (Lipinski definition) is 2. The van der Waals surface area contributed by atoms with Gasteiger partial charge in [-0.15, -0.1) is 0 Å². The number of halogens is 3. The van der Waals surface area contributed by atoms with E-state index in [0.29, 0.717) is 6.07 Å². The Bertz CT molecular complexity index is 553. The van der Waals surface area contributed by atoms with E-state index < -0.39 is 26.7 Å². The highest BCUT2D eigenvalue weighted by molar-refractivity contribution is 7.89. The molecule has 4 nitrogen and oxygen atoms in total. The SMILES string of the molecule is CCNS(=O)(=O)c1cc(C(F)(F)F)cc(N)c1C. The number of nitrogens with two attached hydrogens (primary N) is 1. The summed E-state index contributed by atoms with van der Waals surface area (Å²) in [5.74, 6) is 0. The Morgan fingerprint density at radius 3 is 2.33 bits per heavy atom. The molecule has 0 saturated heterocycles. The fourth-order valence-corrected chi connectivity index (χ4v) is 2.76. The Kier molecular flexibility index (Phi) is 3.92. The van der Waals surface area contributed by atoms with Crippen LogP contribution in [0.3, 0.4) is 0 Å². The van der Waals surface area contributed by atoms with Gasteiger partial charge in [0.1, 0.15) is 0 Å². The third kappa shape index (κ3) is 2.94. The van der Waals surface area contributed by atoms with Gasteiger partial charge in [-0.05, 0) is 24.6 Å². The quantitative estimate of drug-likeness (QED) is 0.832. The fourth-order valence-electron chi connectivity index (χ4n) is 1.42. The van der Waals surface area contributed by atoms with E-state index in [9.17, 15) is 21.6 Å². The van der Waals surface area contributed by atoms with Crippen molar-refractivity contribution in [3.63, 3.8) is 0 Å². The van der Waals surface area contributed by atoms with E-state index in [1.807, 2.05) is 0 Å². The van der Waals surface area contributed by atoms with Gasteiger partial charge in [-0.1, -0.05) is 6.92 Å². The molecule has 0 aromatic heterocycles. The molecule has 18 heavy (non-hydrogen) atoms. The van der Waals surface area contributed by atoms with Gasteiger partial charge in [-0.2, -0.15) is 13.2 Å². The molecule has 0 saturated carbocycles. The second-order valence-electron chi connectivity index (χ2n) is 3.69. The minimum atomic E-state index is -4.64. The molecule has 8 heteroatoms. The van der Waals surface area contributed by atoms with Crippen LogP contribution in [0.1, 0.15) is 18.1 Å². The van der Waals surface area contributed by atoms with E-state index in [1.165, 1.54) is 13.8 Å². The number of alkyl halides is 3. The number of benzene rings is 1. The number of hydrogen-bond acceptors (Lipinski definition) is 3. The number of sulfonamides is 1. The predicted molar refractivity (Wildman–Crippen MR) is 61.5 cm³/mol. The van der Waals surface area contributed by atoms with Crippen molar-refractivity contribution >= 4 is 15.7 Å². The number of rotatable bonds is 3. The van der Waals surface area contributed by atoms with Crippen molar-refractivity contribution in [2.75, 3.05) is 12.3 Å². The van der Waals surface area contributed by atoms with Crippen molar-refractivity contribution in [1.29, 1.82) is 0 Å². The summed E-state index contributed by atoms with van der Waals surface area (Å²) in [7, 11) is -3.98. The third-order valence-corrected chi connectivity index (χ3v) is 4.02. The molecular formula is C10H13F3N2O2S. The zero-order valence-corrected chi connectivity index (χ0v) is 10.6. The Morgan fingerprint density at radius 1 is 1.33 bits per heavy atom. The second-order valence-corrected chi connectivity index (χ2v) is 5.42. The van der Waals surface area contributed by atoms with Gasteiger partial charge in [0, 0.05) is 12.2 Å². The lowest BCUT2D eigenvalue weighted by Gasteiger charge is -2.14. The molecule has 1 aromatic rings. The van der Waals surface area contributed by atoms with Gasteiger partial charge < -0.3 is 5.73 Å². The molecule has 0 amide bonds. The molecule has 0 radical (unpaired) electrons. The van der Waals surface area contributed by atoms with Gasteiger partial charge in [0.2, 0.25) is 10.0 Å². The zero-order valence-electron chi connectivity index (χ0n) is 9.80. The summed E-state index contributed by atoms with van der Waals surface area (Å²) in [6.45, 7) is 2.97. The van der Waals surface area contributed by atoms with Gasteiger partial charge >= 0.3 is 6.18 Å². The van der Waals surface area contributed by atoms with E-state index in [0.717, 1.165) is 6.07 Å². The minimum Gasteiger partial charge on any atom is -0.398 e. The molecule has 0 bridgehead atoms. The number of nitrogen functional groups attached to an aromatic ring is 1. The molecule has 0 atom stereocenters. The monoisotopic (exact) mass is 282 g/mol. The highest BCUT2D eigenvalue weighted by atomic mass is 32.2. The topological polar surface area (TPSA) is 72.2 Å². The van der Waals surface area contributed by atoms with E-state index in [4.69, 9.17) is 5.73 Å². The summed E-state index contributed by atoms with van der Waals surface area (Å²) < 4.78 is 63.4. The Morgan fingerprint density at radius 2 is 1.89 bits per heavy atom. The molecule has 0 aliphatic heterocycles. The van der Waals surface area contributed by atoms with Crippen LogP contribution in [0, 0.1) is 6.92 Å². The summed E-state index contributed by atoms with van der Waals surface area (Å²) in [5.41, 5.74) is 4.23. The average molecular weight is 282 g/mol. The molecule has 3 N–H and O–H groups in total. The Hall–Kier alpha value is -1.28. The lowest BCUT2D eigenvalue weighted by molar-refractivity contribution is -0.137. The molecular weight excluding hydrogens is 269 g/mol. The standard InChI is InChI=1S/C10H13F3N2O2S/c1-3-15-18(16,17)9-5-7(10(11,12)13)4-8(14)6(9)2/h4-5,15H,3,14H2,1-2H3. The van der Waals surface area contributed by atoms with Crippen LogP contribution in [0.25, 0.3) is 0 Å². The summed E-state index contributed by atoms with van der Waals surface area (Å²) in [5, 5.41) is 0. The predicted octanol–water partition coefficient (Wildman–Crippen LogP) is 1.89. The van der Waals surface area contributed by atoms with Crippen LogP contribution >= 0.6 is 0 Å². The van der Waals surface area contributed by atoms with Gasteiger partial charge in [0.25, 0.3) is 0 Å². The molecule has 0 aliphatic carbocycles. The number of nitrogens with one attached hydrogen (secondary N) is 1. The number of anilines is 1. The van der Waals surface area contributed by atoms with Crippen molar-refractivity contribution in [3.8, 4) is 0 Å². The highest BCUT2D eigenvalue weighted by Gasteiger charge is 2.33. The van der Waals surface area contributed by atoms with Crippen LogP contribution in [0.4, 0.5) is 18.9 Å². The van der Waals surface area contributed by atoms with E-state index >= 15 is 0 Å². The molecule has 1 rings (SSSR count). The fraction of sp³-hybridized carbons (Fsp3) is 0.400. The van der Waals surface area contributed by atoms with Crippen LogP contribution in [0.5, 0.6) is 0 Å². The smallest absolute Gasteiger partial charge is 0.398 e. The van der Waals surface area contributed by atoms with Gasteiger partial charge in [0.15, 0.2) is 0 Å². The molecule has 0 heterocycles. The maximum Gasteiger partial charge on any atom is 0.416 e. The van der Waals surface area contributed by atoms with E-state index in [1.54, 1.807) is 0 Å². The minimum absolute atomic E-state index is 0.0813. The largest absolute Gasteiger partial charge is 0.416 e. The molecule has 1 aromatic carbocycles. The first kappa shape index (κ1) is 14.8. The summed E-state index contributed by atoms with van der Waals surface area (Å²) in [6.07, 6.45) is -4.64. The van der Waals surface area contributed by atoms with Gasteiger partial charge in [-0.3, -0.25) is 0 Å². The van der Waals surface area contributed by atoms with Crippen molar-refractivity contribution in [3.05, 3.63) is 23.3 Å². The highest BCUT2D eigenvalue weighted by Crippen LogP contribution is 2.34.